The van der Waals surface area contributed by atoms with Crippen LogP contribution in [0.5, 0.6) is 11.5 Å². The summed E-state index contributed by atoms with van der Waals surface area (Å²) in [6.45, 7) is 14.5. The molecule has 13 heteroatoms. The van der Waals surface area contributed by atoms with Gasteiger partial charge in [-0.3, -0.25) is 9.69 Å². The van der Waals surface area contributed by atoms with Gasteiger partial charge >= 0.3 is 6.09 Å². The van der Waals surface area contributed by atoms with Crippen molar-refractivity contribution in [1.82, 2.24) is 10.2 Å². The zero-order valence-electron chi connectivity index (χ0n) is 31.0. The number of hydrogen-bond donors (Lipinski definition) is 3. The number of carboxylic acid groups (broad SMARTS) is 1. The summed E-state index contributed by atoms with van der Waals surface area (Å²) in [5.41, 5.74) is 0.187. The summed E-state index contributed by atoms with van der Waals surface area (Å²) in [5, 5.41) is 35.4. The third-order valence-corrected chi connectivity index (χ3v) is 9.56. The molecule has 0 aromatic heterocycles. The van der Waals surface area contributed by atoms with E-state index in [9.17, 15) is 29.9 Å². The minimum atomic E-state index is -1.13. The van der Waals surface area contributed by atoms with E-state index in [-0.39, 0.29) is 36.1 Å². The molecule has 2 amide bonds. The number of aliphatic hydroxyl groups is 1. The van der Waals surface area contributed by atoms with E-state index in [1.54, 1.807) is 14.2 Å². The molecule has 13 nitrogen and oxygen atoms in total. The number of aliphatic hydroxyl groups excluding tert-OH is 1. The molecule has 0 spiro atoms. The van der Waals surface area contributed by atoms with Gasteiger partial charge in [0.25, 0.3) is 5.09 Å². The average Bonchev–Trinajstić information content (AvgIpc) is 3.00. The van der Waals surface area contributed by atoms with Crippen LogP contribution in [0.25, 0.3) is 0 Å². The van der Waals surface area contributed by atoms with Gasteiger partial charge in [0.1, 0.15) is 6.10 Å². The van der Waals surface area contributed by atoms with Crippen LogP contribution in [0, 0.1) is 33.8 Å². The molecule has 1 aliphatic carbocycles. The Bertz CT molecular complexity index is 1180. The average molecular weight is 696 g/mol. The number of ether oxygens (including phenoxy) is 3. The summed E-state index contributed by atoms with van der Waals surface area (Å²) in [7, 11) is 3.24. The molecular weight excluding hydrogens is 634 g/mol. The number of nitrogens with zero attached hydrogens (tertiary/aromatic N) is 2. The zero-order chi connectivity index (χ0) is 36.9. The topological polar surface area (TPSA) is 170 Å². The lowest BCUT2D eigenvalue weighted by Gasteiger charge is -2.44. The van der Waals surface area contributed by atoms with Crippen LogP contribution in [-0.4, -0.2) is 89.5 Å². The van der Waals surface area contributed by atoms with Crippen LogP contribution in [0.1, 0.15) is 99.0 Å². The highest BCUT2D eigenvalue weighted by Gasteiger charge is 2.41. The number of hydrogen-bond acceptors (Lipinski definition) is 9. The first-order valence-corrected chi connectivity index (χ1v) is 17.6. The van der Waals surface area contributed by atoms with E-state index in [2.05, 4.69) is 19.2 Å². The summed E-state index contributed by atoms with van der Waals surface area (Å²) in [5.74, 6) is 0.481. The predicted octanol–water partition coefficient (Wildman–Crippen LogP) is 6.12. The Morgan fingerprint density at radius 2 is 1.67 bits per heavy atom. The van der Waals surface area contributed by atoms with E-state index in [1.165, 1.54) is 4.90 Å². The first-order chi connectivity index (χ1) is 23.0. The molecular formula is C36H61N3O10. The van der Waals surface area contributed by atoms with Crippen molar-refractivity contribution in [2.75, 3.05) is 27.4 Å². The Kier molecular flexibility index (Phi) is 16.9. The van der Waals surface area contributed by atoms with Crippen molar-refractivity contribution < 1.29 is 43.9 Å². The van der Waals surface area contributed by atoms with Crippen molar-refractivity contribution in [1.29, 1.82) is 0 Å². The van der Waals surface area contributed by atoms with Gasteiger partial charge in [-0.15, -0.1) is 10.1 Å². The van der Waals surface area contributed by atoms with Crippen LogP contribution in [0.2, 0.25) is 0 Å². The quantitative estimate of drug-likeness (QED) is 0.0820. The molecule has 1 aliphatic rings. The Hall–Kier alpha value is -3.32. The molecule has 0 heterocycles. The van der Waals surface area contributed by atoms with Crippen LogP contribution in [0.15, 0.2) is 18.2 Å². The molecule has 3 N–H and O–H groups in total. The maximum Gasteiger partial charge on any atom is 0.408 e. The molecule has 1 aromatic rings. The lowest BCUT2D eigenvalue weighted by atomic mass is 9.79. The summed E-state index contributed by atoms with van der Waals surface area (Å²) in [6.07, 6.45) is 1.13. The van der Waals surface area contributed by atoms with E-state index < -0.39 is 40.9 Å². The second-order valence-electron chi connectivity index (χ2n) is 15.0. The number of carbonyl (C=O) groups excluding carboxylic acids is 1. The van der Waals surface area contributed by atoms with Crippen LogP contribution < -0.4 is 14.8 Å². The van der Waals surface area contributed by atoms with Crippen LogP contribution in [0.4, 0.5) is 4.79 Å². The van der Waals surface area contributed by atoms with Gasteiger partial charge in [0.2, 0.25) is 5.91 Å². The third-order valence-electron chi connectivity index (χ3n) is 9.56. The third kappa shape index (κ3) is 13.5. The summed E-state index contributed by atoms with van der Waals surface area (Å²) in [4.78, 5) is 43.2. The predicted molar refractivity (Wildman–Crippen MR) is 186 cm³/mol. The molecule has 0 saturated heterocycles. The van der Waals surface area contributed by atoms with Crippen molar-refractivity contribution in [2.45, 2.75) is 130 Å². The minimum absolute atomic E-state index is 0.0125. The number of methoxy groups -OCH3 is 2. The standard InChI is InChI=1S/C36H61N3O10/c1-23(2)26(19-25-11-16-32(47-9)33(20-25)48-18-10-17-46-8)21-30(38(35(42)43)36(5,6)7)31(40)22-29(24(3)4)34(41)37-27-12-14-28(15-13-27)49-39(44)45/h11,16,20,23-24,26-31,40H,10,12-15,17-19,21-22H2,1-9H3,(H,37,41)(H,42,43)/t26?,27?,28?,29-,30-,31-/m0/s1. The van der Waals surface area contributed by atoms with Gasteiger partial charge in [-0.2, -0.15) is 0 Å². The fourth-order valence-electron chi connectivity index (χ4n) is 6.75. The molecule has 1 unspecified atom stereocenters. The number of carbonyl (C=O) groups is 2. The van der Waals surface area contributed by atoms with Crippen molar-refractivity contribution >= 4 is 12.0 Å². The Morgan fingerprint density at radius 1 is 1.02 bits per heavy atom. The molecule has 280 valence electrons. The molecule has 4 atom stereocenters. The van der Waals surface area contributed by atoms with Crippen LogP contribution >= 0.6 is 0 Å². The van der Waals surface area contributed by atoms with Gasteiger partial charge < -0.3 is 34.6 Å². The highest BCUT2D eigenvalue weighted by Crippen LogP contribution is 2.35. The molecule has 2 rings (SSSR count). The monoisotopic (exact) mass is 695 g/mol. The first kappa shape index (κ1) is 41.8. The molecule has 1 saturated carbocycles. The van der Waals surface area contributed by atoms with E-state index in [0.717, 1.165) is 12.0 Å². The van der Waals surface area contributed by atoms with Gasteiger partial charge in [-0.25, -0.2) is 4.79 Å². The SMILES string of the molecule is COCCCOc1cc(CC(C[C@@H]([C@@H](O)C[C@H](C(=O)NC2CCC(O[N+](=O)[O-])CC2)C(C)C)N(C(=O)O)C(C)(C)C)C(C)C)ccc1OC. The van der Waals surface area contributed by atoms with Gasteiger partial charge in [-0.05, 0) is 101 Å². The highest BCUT2D eigenvalue weighted by atomic mass is 17.0. The molecule has 0 bridgehead atoms. The fraction of sp³-hybridized carbons (Fsp3) is 0.778. The Labute approximate surface area is 292 Å². The van der Waals surface area contributed by atoms with E-state index in [4.69, 9.17) is 19.0 Å². The van der Waals surface area contributed by atoms with Crippen molar-refractivity contribution in [3.63, 3.8) is 0 Å². The normalized spacial score (nSPS) is 19.1. The smallest absolute Gasteiger partial charge is 0.408 e. The highest BCUT2D eigenvalue weighted by molar-refractivity contribution is 5.79. The summed E-state index contributed by atoms with van der Waals surface area (Å²) >= 11 is 0. The van der Waals surface area contributed by atoms with Gasteiger partial charge in [-0.1, -0.05) is 33.8 Å². The van der Waals surface area contributed by atoms with Gasteiger partial charge in [0.05, 0.1) is 25.9 Å². The van der Waals surface area contributed by atoms with E-state index in [0.29, 0.717) is 63.2 Å². The maximum atomic E-state index is 13.6. The van der Waals surface area contributed by atoms with Gasteiger partial charge in [0.15, 0.2) is 11.5 Å². The molecule has 1 aromatic carbocycles. The molecule has 1 fully saturated rings. The molecule has 0 radical (unpaired) electrons. The summed E-state index contributed by atoms with van der Waals surface area (Å²) < 4.78 is 16.7. The fourth-order valence-corrected chi connectivity index (χ4v) is 6.75. The zero-order valence-corrected chi connectivity index (χ0v) is 31.0. The Morgan fingerprint density at radius 3 is 2.18 bits per heavy atom. The number of nitrogens with one attached hydrogen (secondary N) is 1. The Balaban J connectivity index is 2.31. The van der Waals surface area contributed by atoms with E-state index >= 15 is 0 Å². The second kappa shape index (κ2) is 19.8. The first-order valence-electron chi connectivity index (χ1n) is 17.6. The van der Waals surface area contributed by atoms with Crippen molar-refractivity contribution in [2.24, 2.45) is 23.7 Å². The maximum absolute atomic E-state index is 13.6. The van der Waals surface area contributed by atoms with E-state index in [1.807, 2.05) is 52.8 Å². The van der Waals surface area contributed by atoms with Crippen molar-refractivity contribution in [3.05, 3.63) is 33.9 Å². The number of amides is 2. The summed E-state index contributed by atoms with van der Waals surface area (Å²) in [6, 6.07) is 4.88. The molecule has 49 heavy (non-hydrogen) atoms. The lowest BCUT2D eigenvalue weighted by Crippen LogP contribution is -2.57. The number of benzene rings is 1. The lowest BCUT2D eigenvalue weighted by molar-refractivity contribution is -0.769. The van der Waals surface area contributed by atoms with Gasteiger partial charge in [0, 0.05) is 37.6 Å². The minimum Gasteiger partial charge on any atom is -0.493 e. The second-order valence-corrected chi connectivity index (χ2v) is 15.0. The van der Waals surface area contributed by atoms with Crippen LogP contribution in [0.3, 0.4) is 0 Å². The largest absolute Gasteiger partial charge is 0.493 e. The molecule has 0 aliphatic heterocycles. The number of rotatable bonds is 20. The van der Waals surface area contributed by atoms with Crippen LogP contribution in [-0.2, 0) is 20.8 Å². The van der Waals surface area contributed by atoms with Crippen molar-refractivity contribution in [3.8, 4) is 11.5 Å².